The van der Waals surface area contributed by atoms with E-state index in [1.54, 1.807) is 6.92 Å². The molecule has 0 aromatic carbocycles. The van der Waals surface area contributed by atoms with Gasteiger partial charge in [-0.15, -0.1) is 0 Å². The highest BCUT2D eigenvalue weighted by molar-refractivity contribution is 5.66. The molecule has 0 aliphatic carbocycles. The molecule has 5 heteroatoms. The lowest BCUT2D eigenvalue weighted by molar-refractivity contribution is 0.00632. The smallest absolute Gasteiger partial charge is 0.407 e. The van der Waals surface area contributed by atoms with Crippen molar-refractivity contribution in [2.45, 2.75) is 32.5 Å². The Morgan fingerprint density at radius 1 is 1.57 bits per heavy atom. The molecule has 0 heterocycles. The van der Waals surface area contributed by atoms with Gasteiger partial charge in [-0.3, -0.25) is 0 Å². The second-order valence-corrected chi connectivity index (χ2v) is 3.07. The lowest BCUT2D eigenvalue weighted by Crippen LogP contribution is -2.30. The summed E-state index contributed by atoms with van der Waals surface area (Å²) in [5, 5.41) is 11.6. The molecule has 0 aromatic rings. The van der Waals surface area contributed by atoms with Crippen LogP contribution >= 0.6 is 0 Å². The average molecular weight is 205 g/mol. The first-order valence-corrected chi connectivity index (χ1v) is 4.71. The van der Waals surface area contributed by atoms with Gasteiger partial charge in [0.1, 0.15) is 6.61 Å². The van der Waals surface area contributed by atoms with Gasteiger partial charge in [-0.25, -0.2) is 4.79 Å². The molecule has 1 amide bonds. The summed E-state index contributed by atoms with van der Waals surface area (Å²) in [6.07, 6.45) is -0.717. The fourth-order valence-corrected chi connectivity index (χ4v) is 0.977. The van der Waals surface area contributed by atoms with Crippen molar-refractivity contribution in [3.8, 4) is 0 Å². The Balaban J connectivity index is 3.66. The van der Waals surface area contributed by atoms with E-state index in [0.717, 1.165) is 0 Å². The topological polar surface area (TPSA) is 67.8 Å². The van der Waals surface area contributed by atoms with E-state index in [4.69, 9.17) is 14.6 Å². The summed E-state index contributed by atoms with van der Waals surface area (Å²) in [5.41, 5.74) is 0. The Hall–Kier alpha value is -0.810. The molecule has 0 rings (SSSR count). The number of aliphatic hydroxyl groups is 1. The number of methoxy groups -OCH3 is 1. The van der Waals surface area contributed by atoms with E-state index in [-0.39, 0.29) is 12.7 Å². The largest absolute Gasteiger partial charge is 0.447 e. The maximum absolute atomic E-state index is 10.9. The van der Waals surface area contributed by atoms with Crippen molar-refractivity contribution in [2.24, 2.45) is 0 Å². The number of aliphatic hydroxyl groups excluding tert-OH is 1. The predicted octanol–water partition coefficient (Wildman–Crippen LogP) is 0.518. The van der Waals surface area contributed by atoms with Crippen molar-refractivity contribution in [3.63, 3.8) is 0 Å². The molecule has 2 atom stereocenters. The number of rotatable bonds is 6. The number of ether oxygens (including phenoxy) is 2. The van der Waals surface area contributed by atoms with Gasteiger partial charge in [0.15, 0.2) is 0 Å². The van der Waals surface area contributed by atoms with Crippen LogP contribution in [0.15, 0.2) is 0 Å². The number of hydrogen-bond acceptors (Lipinski definition) is 4. The molecular weight excluding hydrogens is 186 g/mol. The van der Waals surface area contributed by atoms with Gasteiger partial charge in [-0.2, -0.15) is 0 Å². The van der Waals surface area contributed by atoms with E-state index in [2.05, 4.69) is 5.32 Å². The van der Waals surface area contributed by atoms with Gasteiger partial charge < -0.3 is 19.9 Å². The van der Waals surface area contributed by atoms with E-state index < -0.39 is 12.2 Å². The maximum Gasteiger partial charge on any atom is 0.407 e. The van der Waals surface area contributed by atoms with E-state index in [1.807, 2.05) is 6.92 Å². The first-order chi connectivity index (χ1) is 6.60. The fraction of sp³-hybridized carbons (Fsp3) is 0.889. The van der Waals surface area contributed by atoms with E-state index in [9.17, 15) is 4.79 Å². The van der Waals surface area contributed by atoms with E-state index in [1.165, 1.54) is 7.11 Å². The van der Waals surface area contributed by atoms with Gasteiger partial charge in [0.2, 0.25) is 0 Å². The molecule has 0 radical (unpaired) electrons. The molecule has 2 N–H and O–H groups in total. The van der Waals surface area contributed by atoms with Crippen LogP contribution in [-0.4, -0.2) is 43.7 Å². The molecule has 0 bridgehead atoms. The second kappa shape index (κ2) is 7.58. The summed E-state index contributed by atoms with van der Waals surface area (Å²) >= 11 is 0. The molecule has 5 nitrogen and oxygen atoms in total. The summed E-state index contributed by atoms with van der Waals surface area (Å²) in [4.78, 5) is 10.9. The third-order valence-corrected chi connectivity index (χ3v) is 1.66. The zero-order valence-corrected chi connectivity index (χ0v) is 8.95. The average Bonchev–Trinajstić information content (AvgIpc) is 2.12. The highest BCUT2D eigenvalue weighted by Gasteiger charge is 2.12. The Kier molecular flexibility index (Phi) is 7.14. The van der Waals surface area contributed by atoms with E-state index in [0.29, 0.717) is 13.0 Å². The van der Waals surface area contributed by atoms with Gasteiger partial charge in [-0.1, -0.05) is 0 Å². The van der Waals surface area contributed by atoms with Crippen LogP contribution in [0.4, 0.5) is 4.79 Å². The minimum atomic E-state index is -0.460. The van der Waals surface area contributed by atoms with Crippen LogP contribution < -0.4 is 5.32 Å². The third-order valence-electron chi connectivity index (χ3n) is 1.66. The van der Waals surface area contributed by atoms with Crippen LogP contribution in [-0.2, 0) is 9.47 Å². The van der Waals surface area contributed by atoms with Crippen molar-refractivity contribution in [3.05, 3.63) is 0 Å². The summed E-state index contributed by atoms with van der Waals surface area (Å²) in [5.74, 6) is 0. The molecule has 0 saturated heterocycles. The highest BCUT2D eigenvalue weighted by Crippen LogP contribution is 2.02. The van der Waals surface area contributed by atoms with Crippen molar-refractivity contribution in [2.75, 3.05) is 20.3 Å². The minimum Gasteiger partial charge on any atom is -0.447 e. The van der Waals surface area contributed by atoms with Crippen LogP contribution in [0.1, 0.15) is 20.3 Å². The first kappa shape index (κ1) is 13.2. The molecule has 2 unspecified atom stereocenters. The molecule has 0 aliphatic rings. The van der Waals surface area contributed by atoms with Crippen LogP contribution in [0.25, 0.3) is 0 Å². The van der Waals surface area contributed by atoms with E-state index >= 15 is 0 Å². The highest BCUT2D eigenvalue weighted by atomic mass is 16.6. The van der Waals surface area contributed by atoms with Crippen molar-refractivity contribution >= 4 is 6.09 Å². The predicted molar refractivity (Wildman–Crippen MR) is 52.1 cm³/mol. The Labute approximate surface area is 84.4 Å². The zero-order valence-electron chi connectivity index (χ0n) is 8.95. The maximum atomic E-state index is 10.9. The van der Waals surface area contributed by atoms with Gasteiger partial charge in [-0.05, 0) is 13.8 Å². The van der Waals surface area contributed by atoms with Crippen LogP contribution in [0.3, 0.4) is 0 Å². The fourth-order valence-electron chi connectivity index (χ4n) is 0.977. The van der Waals surface area contributed by atoms with Crippen LogP contribution in [0.2, 0.25) is 0 Å². The van der Waals surface area contributed by atoms with Gasteiger partial charge >= 0.3 is 6.09 Å². The summed E-state index contributed by atoms with van der Waals surface area (Å²) in [6.45, 7) is 4.17. The number of amides is 1. The number of carbonyl (C=O) groups excluding carboxylic acids is 1. The second-order valence-electron chi connectivity index (χ2n) is 3.07. The summed E-state index contributed by atoms with van der Waals surface area (Å²) in [6, 6.07) is 0. The molecule has 84 valence electrons. The molecule has 14 heavy (non-hydrogen) atoms. The van der Waals surface area contributed by atoms with Crippen LogP contribution in [0, 0.1) is 0 Å². The number of alkyl carbamates (subject to hydrolysis) is 1. The van der Waals surface area contributed by atoms with Gasteiger partial charge in [0.25, 0.3) is 0 Å². The summed E-state index contributed by atoms with van der Waals surface area (Å²) in [7, 11) is 1.52. The number of hydrogen-bond donors (Lipinski definition) is 2. The minimum absolute atomic E-state index is 0.160. The molecule has 0 aliphatic heterocycles. The Morgan fingerprint density at radius 2 is 2.21 bits per heavy atom. The molecule has 0 aromatic heterocycles. The van der Waals surface area contributed by atoms with Gasteiger partial charge in [0, 0.05) is 20.1 Å². The Morgan fingerprint density at radius 3 is 2.64 bits per heavy atom. The lowest BCUT2D eigenvalue weighted by Gasteiger charge is -2.16. The van der Waals surface area contributed by atoms with Crippen molar-refractivity contribution < 1.29 is 19.4 Å². The summed E-state index contributed by atoms with van der Waals surface area (Å²) < 4.78 is 9.87. The molecule has 0 fully saturated rings. The molecular formula is C9H19NO4. The quantitative estimate of drug-likeness (QED) is 0.663. The normalized spacial score (nSPS) is 14.6. The van der Waals surface area contributed by atoms with Crippen LogP contribution in [0.5, 0.6) is 0 Å². The SMILES string of the molecule is CCNC(=O)OCC(CC(C)O)OC. The monoisotopic (exact) mass is 205 g/mol. The van der Waals surface area contributed by atoms with Gasteiger partial charge in [0.05, 0.1) is 12.2 Å². The number of carbonyl (C=O) groups is 1. The standard InChI is InChI=1S/C9H19NO4/c1-4-10-9(12)14-6-8(13-3)5-7(2)11/h7-8,11H,4-6H2,1-3H3,(H,10,12). The lowest BCUT2D eigenvalue weighted by atomic mass is 10.2. The number of nitrogens with one attached hydrogen (secondary N) is 1. The zero-order chi connectivity index (χ0) is 11.0. The third kappa shape index (κ3) is 6.68. The molecule has 0 saturated carbocycles. The van der Waals surface area contributed by atoms with Crippen molar-refractivity contribution in [1.82, 2.24) is 5.32 Å². The van der Waals surface area contributed by atoms with Crippen molar-refractivity contribution in [1.29, 1.82) is 0 Å². The molecule has 0 spiro atoms. The Bertz CT molecular complexity index is 161. The first-order valence-electron chi connectivity index (χ1n) is 4.71.